The number of carboxylic acid groups (broad SMARTS) is 1. The van der Waals surface area contributed by atoms with Gasteiger partial charge in [-0.3, -0.25) is 0 Å². The highest BCUT2D eigenvalue weighted by Gasteiger charge is 2.00. The Kier molecular flexibility index (Phi) is 27.8. The number of rotatable bonds is 15. The first-order valence-corrected chi connectivity index (χ1v) is 11.9. The zero-order valence-electron chi connectivity index (χ0n) is 18.1. The fourth-order valence-electron chi connectivity index (χ4n) is 2.07. The molecule has 0 bridgehead atoms. The quantitative estimate of drug-likeness (QED) is 0.156. The molecule has 0 heterocycles. The predicted octanol–water partition coefficient (Wildman–Crippen LogP) is 5.44. The molecular weight excluding hydrogens is 383 g/mol. The largest absolute Gasteiger partial charge is 0.478 e. The number of ether oxygens (including phenoxy) is 1. The van der Waals surface area contributed by atoms with Gasteiger partial charge in [-0.15, -0.1) is 0 Å². The van der Waals surface area contributed by atoms with E-state index in [9.17, 15) is 4.79 Å². The molecular formula is C20H43O7P. The monoisotopic (exact) mass is 426 g/mol. The third-order valence-electron chi connectivity index (χ3n) is 3.65. The van der Waals surface area contributed by atoms with Crippen LogP contribution in [0, 0.1) is 0 Å². The molecule has 4 N–H and O–H groups in total. The van der Waals surface area contributed by atoms with Gasteiger partial charge in [-0.25, -0.2) is 9.36 Å². The molecule has 0 rings (SSSR count). The SMILES string of the molecule is C=C(C)C(=O)O.CCCCCCCCOCCCCCCCC.O=P(O)(O)O. The molecule has 0 aromatic heterocycles. The fourth-order valence-corrected chi connectivity index (χ4v) is 2.07. The topological polar surface area (TPSA) is 124 Å². The fraction of sp³-hybridized carbons (Fsp3) is 0.850. The first-order valence-electron chi connectivity index (χ1n) is 10.3. The van der Waals surface area contributed by atoms with Gasteiger partial charge in [0.25, 0.3) is 0 Å². The molecule has 28 heavy (non-hydrogen) atoms. The number of phosphoric acid groups is 1. The number of aliphatic carboxylic acids is 1. The summed E-state index contributed by atoms with van der Waals surface area (Å²) in [4.78, 5) is 31.2. The van der Waals surface area contributed by atoms with E-state index < -0.39 is 13.8 Å². The van der Waals surface area contributed by atoms with Crippen LogP contribution < -0.4 is 0 Å². The summed E-state index contributed by atoms with van der Waals surface area (Å²) < 4.78 is 14.5. The summed E-state index contributed by atoms with van der Waals surface area (Å²) in [7, 11) is -4.64. The van der Waals surface area contributed by atoms with Crippen LogP contribution in [0.1, 0.15) is 97.8 Å². The molecule has 0 aromatic rings. The van der Waals surface area contributed by atoms with Crippen molar-refractivity contribution in [3.63, 3.8) is 0 Å². The van der Waals surface area contributed by atoms with Gasteiger partial charge in [-0.1, -0.05) is 84.6 Å². The average Bonchev–Trinajstić information content (AvgIpc) is 2.58. The van der Waals surface area contributed by atoms with Gasteiger partial charge in [0, 0.05) is 18.8 Å². The first-order chi connectivity index (χ1) is 13.1. The molecule has 0 amide bonds. The Bertz CT molecular complexity index is 360. The highest BCUT2D eigenvalue weighted by atomic mass is 31.2. The lowest BCUT2D eigenvalue weighted by Gasteiger charge is -2.04. The van der Waals surface area contributed by atoms with Gasteiger partial charge in [0.2, 0.25) is 0 Å². The van der Waals surface area contributed by atoms with Gasteiger partial charge in [0.05, 0.1) is 0 Å². The van der Waals surface area contributed by atoms with Crippen LogP contribution in [0.2, 0.25) is 0 Å². The molecule has 0 aromatic carbocycles. The highest BCUT2D eigenvalue weighted by molar-refractivity contribution is 7.45. The van der Waals surface area contributed by atoms with E-state index in [4.69, 9.17) is 29.1 Å². The Hall–Kier alpha value is -0.720. The van der Waals surface area contributed by atoms with Crippen LogP contribution in [0.5, 0.6) is 0 Å². The molecule has 8 heteroatoms. The Morgan fingerprint density at radius 2 is 1.04 bits per heavy atom. The molecule has 0 saturated heterocycles. The number of carbonyl (C=O) groups is 1. The van der Waals surface area contributed by atoms with Crippen molar-refractivity contribution in [2.75, 3.05) is 13.2 Å². The minimum atomic E-state index is -4.64. The second-order valence-electron chi connectivity index (χ2n) is 6.75. The third kappa shape index (κ3) is 49.9. The molecule has 0 saturated carbocycles. The van der Waals surface area contributed by atoms with Crippen LogP contribution in [-0.2, 0) is 14.1 Å². The second-order valence-corrected chi connectivity index (χ2v) is 7.77. The maximum Gasteiger partial charge on any atom is 0.466 e. The molecule has 0 fully saturated rings. The number of carboxylic acids is 1. The van der Waals surface area contributed by atoms with E-state index in [1.165, 1.54) is 84.0 Å². The lowest BCUT2D eigenvalue weighted by atomic mass is 10.1. The lowest BCUT2D eigenvalue weighted by molar-refractivity contribution is -0.132. The van der Waals surface area contributed by atoms with E-state index in [0.717, 1.165) is 13.2 Å². The normalized spacial score (nSPS) is 10.4. The van der Waals surface area contributed by atoms with Crippen LogP contribution in [-0.4, -0.2) is 39.0 Å². The third-order valence-corrected chi connectivity index (χ3v) is 3.65. The van der Waals surface area contributed by atoms with Crippen LogP contribution in [0.25, 0.3) is 0 Å². The molecule has 0 aliphatic carbocycles. The van der Waals surface area contributed by atoms with Crippen molar-refractivity contribution in [2.24, 2.45) is 0 Å². The Morgan fingerprint density at radius 3 is 1.29 bits per heavy atom. The molecule has 0 unspecified atom stereocenters. The van der Waals surface area contributed by atoms with Crippen molar-refractivity contribution in [1.29, 1.82) is 0 Å². The standard InChI is InChI=1S/C16H34O.C4H6O2.H3O4P/c1-3-5-7-9-11-13-15-17-16-14-12-10-8-6-4-2;1-3(2)4(5)6;1-5(2,3)4/h3-16H2,1-2H3;1H2,2H3,(H,5,6);(H3,1,2,3,4). The predicted molar refractivity (Wildman–Crippen MR) is 114 cm³/mol. The Labute approximate surface area is 171 Å². The zero-order chi connectivity index (χ0) is 22.3. The Balaban J connectivity index is -0.000000464. The van der Waals surface area contributed by atoms with Gasteiger partial charge in [0.1, 0.15) is 0 Å². The number of unbranched alkanes of at least 4 members (excludes halogenated alkanes) is 10. The second kappa shape index (κ2) is 24.3. The minimum Gasteiger partial charge on any atom is -0.478 e. The summed E-state index contributed by atoms with van der Waals surface area (Å²) in [5.41, 5.74) is 0.176. The van der Waals surface area contributed by atoms with E-state index in [1.54, 1.807) is 0 Å². The smallest absolute Gasteiger partial charge is 0.466 e. The molecule has 0 atom stereocenters. The van der Waals surface area contributed by atoms with E-state index in [-0.39, 0.29) is 5.57 Å². The summed E-state index contributed by atoms with van der Waals surface area (Å²) >= 11 is 0. The molecule has 0 spiro atoms. The van der Waals surface area contributed by atoms with Crippen molar-refractivity contribution in [1.82, 2.24) is 0 Å². The molecule has 7 nitrogen and oxygen atoms in total. The van der Waals surface area contributed by atoms with Crippen LogP contribution in [0.4, 0.5) is 0 Å². The van der Waals surface area contributed by atoms with Gasteiger partial charge in [0.15, 0.2) is 0 Å². The van der Waals surface area contributed by atoms with E-state index in [1.807, 2.05) is 0 Å². The first kappa shape index (κ1) is 32.0. The lowest BCUT2D eigenvalue weighted by Crippen LogP contribution is -1.97. The summed E-state index contributed by atoms with van der Waals surface area (Å²) in [5.74, 6) is -0.935. The zero-order valence-corrected chi connectivity index (χ0v) is 19.0. The van der Waals surface area contributed by atoms with E-state index >= 15 is 0 Å². The highest BCUT2D eigenvalue weighted by Crippen LogP contribution is 2.25. The molecule has 170 valence electrons. The van der Waals surface area contributed by atoms with Gasteiger partial charge in [-0.2, -0.15) is 0 Å². The average molecular weight is 427 g/mol. The summed E-state index contributed by atoms with van der Waals surface area (Å²) in [6, 6.07) is 0. The van der Waals surface area contributed by atoms with Crippen LogP contribution >= 0.6 is 7.82 Å². The molecule has 0 aliphatic rings. The molecule has 0 radical (unpaired) electrons. The van der Waals surface area contributed by atoms with Crippen molar-refractivity contribution in [3.8, 4) is 0 Å². The van der Waals surface area contributed by atoms with Crippen LogP contribution in [0.3, 0.4) is 0 Å². The van der Waals surface area contributed by atoms with Gasteiger partial charge in [-0.05, 0) is 19.8 Å². The van der Waals surface area contributed by atoms with Crippen molar-refractivity contribution < 1.29 is 33.9 Å². The minimum absolute atomic E-state index is 0.176. The Morgan fingerprint density at radius 1 is 0.786 bits per heavy atom. The van der Waals surface area contributed by atoms with Crippen molar-refractivity contribution in [3.05, 3.63) is 12.2 Å². The molecule has 0 aliphatic heterocycles. The van der Waals surface area contributed by atoms with Crippen molar-refractivity contribution >= 4 is 13.8 Å². The maximum atomic E-state index is 9.60. The van der Waals surface area contributed by atoms with Gasteiger partial charge < -0.3 is 24.5 Å². The summed E-state index contributed by atoms with van der Waals surface area (Å²) in [6.45, 7) is 11.1. The summed E-state index contributed by atoms with van der Waals surface area (Å²) in [6.07, 6.45) is 16.3. The van der Waals surface area contributed by atoms with Crippen LogP contribution in [0.15, 0.2) is 12.2 Å². The van der Waals surface area contributed by atoms with Gasteiger partial charge >= 0.3 is 13.8 Å². The number of hydrogen-bond donors (Lipinski definition) is 4. The number of hydrogen-bond acceptors (Lipinski definition) is 3. The van der Waals surface area contributed by atoms with Crippen molar-refractivity contribution in [2.45, 2.75) is 97.8 Å². The summed E-state index contributed by atoms with van der Waals surface area (Å²) in [5, 5.41) is 7.89. The van der Waals surface area contributed by atoms with E-state index in [0.29, 0.717) is 0 Å². The maximum absolute atomic E-state index is 9.60. The van der Waals surface area contributed by atoms with E-state index in [2.05, 4.69) is 20.4 Å².